The van der Waals surface area contributed by atoms with Gasteiger partial charge < -0.3 is 14.6 Å². The Morgan fingerprint density at radius 2 is 1.97 bits per heavy atom. The number of fused-ring (bicyclic) bond motifs is 2. The number of H-pyrrole nitrogens is 1. The second kappa shape index (κ2) is 9.22. The van der Waals surface area contributed by atoms with E-state index in [1.54, 1.807) is 30.3 Å². The first-order valence-electron chi connectivity index (χ1n) is 9.15. The Morgan fingerprint density at radius 3 is 2.70 bits per heavy atom. The number of aromatic nitrogens is 2. The van der Waals surface area contributed by atoms with E-state index in [4.69, 9.17) is 21.3 Å². The smallest absolute Gasteiger partial charge is 0.262 e. The maximum atomic E-state index is 13.5. The average Bonchev–Trinajstić information content (AvgIpc) is 3.33. The van der Waals surface area contributed by atoms with E-state index in [2.05, 4.69) is 4.98 Å². The van der Waals surface area contributed by atoms with E-state index in [0.29, 0.717) is 40.1 Å². The number of hydrogen-bond acceptors (Lipinski definition) is 5. The molecule has 2 aromatic heterocycles. The highest BCUT2D eigenvalue weighted by Crippen LogP contribution is 2.39. The number of amides is 1. The lowest BCUT2D eigenvalue weighted by Crippen LogP contribution is -2.36. The highest BCUT2D eigenvalue weighted by molar-refractivity contribution is 7.23. The summed E-state index contributed by atoms with van der Waals surface area (Å²) >= 11 is 7.78. The Morgan fingerprint density at radius 1 is 1.20 bits per heavy atom. The molecular weight excluding hydrogens is 443 g/mol. The van der Waals surface area contributed by atoms with Crippen LogP contribution >= 0.6 is 35.3 Å². The Kier molecular flexibility index (Phi) is 6.88. The number of anilines is 1. The predicted octanol–water partition coefficient (Wildman–Crippen LogP) is 5.07. The van der Waals surface area contributed by atoms with Crippen molar-refractivity contribution in [1.29, 1.82) is 0 Å². The molecule has 0 aliphatic heterocycles. The minimum atomic E-state index is -0.0987. The molecule has 0 aliphatic rings. The Hall–Kier alpha value is -2.32. The van der Waals surface area contributed by atoms with E-state index in [9.17, 15) is 4.79 Å². The van der Waals surface area contributed by atoms with Crippen molar-refractivity contribution in [2.24, 2.45) is 0 Å². The van der Waals surface area contributed by atoms with Gasteiger partial charge in [0.2, 0.25) is 0 Å². The van der Waals surface area contributed by atoms with Gasteiger partial charge in [-0.05, 0) is 32.3 Å². The molecule has 1 amide bonds. The number of thiazole rings is 1. The first kappa shape index (κ1) is 22.4. The summed E-state index contributed by atoms with van der Waals surface area (Å²) in [5, 5.41) is 2.09. The normalized spacial score (nSPS) is 11.1. The molecule has 0 saturated carbocycles. The molecule has 4 aromatic rings. The first-order valence-corrected chi connectivity index (χ1v) is 10.3. The lowest BCUT2D eigenvalue weighted by atomic mass is 10.1. The van der Waals surface area contributed by atoms with E-state index < -0.39 is 0 Å². The van der Waals surface area contributed by atoms with Crippen LogP contribution in [0.5, 0.6) is 5.75 Å². The second-order valence-corrected chi connectivity index (χ2v) is 8.32. The van der Waals surface area contributed by atoms with E-state index in [-0.39, 0.29) is 18.3 Å². The van der Waals surface area contributed by atoms with E-state index in [0.717, 1.165) is 15.6 Å². The number of hydrogen-bond donors (Lipinski definition) is 1. The molecule has 1 N–H and O–H groups in total. The van der Waals surface area contributed by atoms with Gasteiger partial charge in [-0.2, -0.15) is 0 Å². The summed E-state index contributed by atoms with van der Waals surface area (Å²) in [5.41, 5.74) is 2.22. The lowest BCUT2D eigenvalue weighted by Gasteiger charge is -2.21. The molecule has 9 heteroatoms. The quantitative estimate of drug-likeness (QED) is 0.432. The van der Waals surface area contributed by atoms with Crippen LogP contribution in [0.3, 0.4) is 0 Å². The number of rotatable bonds is 6. The van der Waals surface area contributed by atoms with E-state index >= 15 is 0 Å². The molecule has 2 aromatic carbocycles. The summed E-state index contributed by atoms with van der Waals surface area (Å²) in [6, 6.07) is 11.4. The molecule has 0 spiro atoms. The molecule has 30 heavy (non-hydrogen) atoms. The van der Waals surface area contributed by atoms with Crippen molar-refractivity contribution >= 4 is 67.5 Å². The third kappa shape index (κ3) is 4.11. The van der Waals surface area contributed by atoms with E-state index in [1.165, 1.54) is 11.3 Å². The number of ether oxygens (including phenoxy) is 1. The maximum absolute atomic E-state index is 13.5. The number of methoxy groups -OCH3 is 1. The first-order chi connectivity index (χ1) is 14.0. The number of nitrogens with zero attached hydrogens (tertiary/aromatic N) is 3. The molecule has 0 bridgehead atoms. The van der Waals surface area contributed by atoms with Gasteiger partial charge in [0.1, 0.15) is 11.3 Å². The second-order valence-electron chi connectivity index (χ2n) is 6.93. The van der Waals surface area contributed by atoms with Crippen LogP contribution < -0.4 is 9.64 Å². The van der Waals surface area contributed by atoms with Crippen molar-refractivity contribution in [3.8, 4) is 5.75 Å². The number of carbonyl (C=O) groups excluding carboxylic acids is 1. The molecule has 0 unspecified atom stereocenters. The number of carbonyl (C=O) groups is 1. The van der Waals surface area contributed by atoms with Gasteiger partial charge in [-0.25, -0.2) is 4.98 Å². The van der Waals surface area contributed by atoms with Gasteiger partial charge in [-0.1, -0.05) is 41.1 Å². The van der Waals surface area contributed by atoms with Gasteiger partial charge in [0.25, 0.3) is 5.91 Å². The van der Waals surface area contributed by atoms with Crippen LogP contribution in [0.4, 0.5) is 5.13 Å². The van der Waals surface area contributed by atoms with Gasteiger partial charge in [-0.15, -0.1) is 12.4 Å². The largest absolute Gasteiger partial charge is 0.494 e. The maximum Gasteiger partial charge on any atom is 0.262 e. The van der Waals surface area contributed by atoms with Gasteiger partial charge in [0.05, 0.1) is 22.4 Å². The summed E-state index contributed by atoms with van der Waals surface area (Å²) in [7, 11) is 5.56. The Labute approximate surface area is 189 Å². The highest BCUT2D eigenvalue weighted by atomic mass is 35.5. The fourth-order valence-corrected chi connectivity index (χ4v) is 4.48. The number of nitrogens with one attached hydrogen (secondary N) is 1. The van der Waals surface area contributed by atoms with Crippen LogP contribution in [0.1, 0.15) is 10.4 Å². The van der Waals surface area contributed by atoms with Crippen LogP contribution in [0.15, 0.2) is 42.6 Å². The number of para-hydroxylation sites is 1. The van der Waals surface area contributed by atoms with Crippen LogP contribution in [-0.2, 0) is 0 Å². The summed E-state index contributed by atoms with van der Waals surface area (Å²) in [5.74, 6) is 0.539. The molecular formula is C21H22Cl2N4O2S. The van der Waals surface area contributed by atoms with Crippen molar-refractivity contribution < 1.29 is 9.53 Å². The fraction of sp³-hybridized carbons (Fsp3) is 0.238. The van der Waals surface area contributed by atoms with Gasteiger partial charge >= 0.3 is 0 Å². The van der Waals surface area contributed by atoms with Crippen molar-refractivity contribution in [2.75, 3.05) is 39.2 Å². The summed E-state index contributed by atoms with van der Waals surface area (Å²) in [4.78, 5) is 25.2. The number of halogens is 2. The molecule has 2 heterocycles. The Balaban J connectivity index is 0.00000256. The van der Waals surface area contributed by atoms with Crippen molar-refractivity contribution in [1.82, 2.24) is 14.9 Å². The molecule has 158 valence electrons. The van der Waals surface area contributed by atoms with Crippen LogP contribution in [0, 0.1) is 0 Å². The SMILES string of the molecule is COc1ccc(Cl)c2sc(N(CCN(C)C)C(=O)c3c[nH]c4ccccc34)nc12.Cl. The molecule has 4 rings (SSSR count). The number of aromatic amines is 1. The van der Waals surface area contributed by atoms with E-state index in [1.807, 2.05) is 43.3 Å². The van der Waals surface area contributed by atoms with Gasteiger partial charge in [0, 0.05) is 30.2 Å². The predicted molar refractivity (Wildman–Crippen MR) is 127 cm³/mol. The molecule has 0 fully saturated rings. The zero-order valence-corrected chi connectivity index (χ0v) is 19.2. The molecule has 0 aliphatic carbocycles. The standard InChI is InChI=1S/C21H21ClN4O2S.ClH/c1-25(2)10-11-26(20(27)14-12-23-16-7-5-4-6-13(14)16)21-24-18-17(28-3)9-8-15(22)19(18)29-21;/h4-9,12,23H,10-11H2,1-3H3;1H. The summed E-state index contributed by atoms with van der Waals surface area (Å²) in [6.45, 7) is 1.21. The zero-order chi connectivity index (χ0) is 20.5. The molecule has 0 saturated heterocycles. The van der Waals surface area contributed by atoms with Crippen LogP contribution in [0.2, 0.25) is 5.02 Å². The number of benzene rings is 2. The van der Waals surface area contributed by atoms with Gasteiger partial charge in [0.15, 0.2) is 5.13 Å². The third-order valence-electron chi connectivity index (χ3n) is 4.73. The van der Waals surface area contributed by atoms with Crippen molar-refractivity contribution in [3.05, 3.63) is 53.2 Å². The number of likely N-dealkylation sites (N-methyl/N-ethyl adjacent to an activating group) is 1. The fourth-order valence-electron chi connectivity index (χ4n) is 3.20. The minimum Gasteiger partial charge on any atom is -0.494 e. The molecule has 0 atom stereocenters. The zero-order valence-electron chi connectivity index (χ0n) is 16.8. The minimum absolute atomic E-state index is 0. The summed E-state index contributed by atoms with van der Waals surface area (Å²) < 4.78 is 6.24. The van der Waals surface area contributed by atoms with Crippen molar-refractivity contribution in [3.63, 3.8) is 0 Å². The van der Waals surface area contributed by atoms with Crippen molar-refractivity contribution in [2.45, 2.75) is 0 Å². The molecule has 0 radical (unpaired) electrons. The topological polar surface area (TPSA) is 61.5 Å². The Bertz CT molecular complexity index is 1190. The van der Waals surface area contributed by atoms with Crippen LogP contribution in [0.25, 0.3) is 21.1 Å². The summed E-state index contributed by atoms with van der Waals surface area (Å²) in [6.07, 6.45) is 1.76. The average molecular weight is 465 g/mol. The lowest BCUT2D eigenvalue weighted by molar-refractivity contribution is 0.0987. The van der Waals surface area contributed by atoms with Gasteiger partial charge in [-0.3, -0.25) is 9.69 Å². The third-order valence-corrected chi connectivity index (χ3v) is 6.27. The molecule has 6 nitrogen and oxygen atoms in total. The monoisotopic (exact) mass is 464 g/mol. The highest BCUT2D eigenvalue weighted by Gasteiger charge is 2.25. The van der Waals surface area contributed by atoms with Crippen LogP contribution in [-0.4, -0.2) is 55.1 Å².